The van der Waals surface area contributed by atoms with E-state index in [-0.39, 0.29) is 24.0 Å². The van der Waals surface area contributed by atoms with Gasteiger partial charge in [0.15, 0.2) is 0 Å². The second kappa shape index (κ2) is 8.57. The van der Waals surface area contributed by atoms with Crippen LogP contribution in [-0.4, -0.2) is 47.5 Å². The maximum atomic E-state index is 12.1. The Hall–Kier alpha value is -2.02. The molecule has 1 aromatic rings. The second-order valence-electron chi connectivity index (χ2n) is 5.22. The van der Waals surface area contributed by atoms with Crippen LogP contribution in [0.3, 0.4) is 0 Å². The zero-order valence-electron chi connectivity index (χ0n) is 12.8. The van der Waals surface area contributed by atoms with Crippen LogP contribution in [0.5, 0.6) is 0 Å². The van der Waals surface area contributed by atoms with Gasteiger partial charge in [0.25, 0.3) is 0 Å². The van der Waals surface area contributed by atoms with E-state index in [1.165, 1.54) is 11.8 Å². The van der Waals surface area contributed by atoms with Crippen molar-refractivity contribution in [2.24, 2.45) is 0 Å². The van der Waals surface area contributed by atoms with E-state index in [1.54, 1.807) is 4.90 Å². The first kappa shape index (κ1) is 17.3. The number of thioether (sulfide) groups is 1. The minimum atomic E-state index is -0.858. The van der Waals surface area contributed by atoms with Crippen LogP contribution in [0.4, 0.5) is 5.69 Å². The number of rotatable bonds is 8. The number of carbonyl (C=O) groups excluding carboxylic acids is 2. The minimum Gasteiger partial charge on any atom is -0.481 e. The summed E-state index contributed by atoms with van der Waals surface area (Å²) < 4.78 is 0. The molecular weight excluding hydrogens is 316 g/mol. The quantitative estimate of drug-likeness (QED) is 0.699. The van der Waals surface area contributed by atoms with Gasteiger partial charge in [-0.1, -0.05) is 18.2 Å². The Kier molecular flexibility index (Phi) is 6.46. The van der Waals surface area contributed by atoms with Crippen molar-refractivity contribution in [1.29, 1.82) is 0 Å². The summed E-state index contributed by atoms with van der Waals surface area (Å²) in [6, 6.07) is 7.76. The Morgan fingerprint density at radius 2 is 2.04 bits per heavy atom. The van der Waals surface area contributed by atoms with Crippen molar-refractivity contribution in [1.82, 2.24) is 5.32 Å². The molecule has 1 aliphatic rings. The average Bonchev–Trinajstić information content (AvgIpc) is 2.53. The number of carboxylic acid groups (broad SMARTS) is 1. The number of hydrogen-bond acceptors (Lipinski definition) is 4. The van der Waals surface area contributed by atoms with E-state index in [4.69, 9.17) is 5.11 Å². The molecule has 0 aliphatic carbocycles. The van der Waals surface area contributed by atoms with Crippen LogP contribution in [0.1, 0.15) is 18.4 Å². The highest BCUT2D eigenvalue weighted by Crippen LogP contribution is 2.27. The maximum absolute atomic E-state index is 12.1. The zero-order valence-corrected chi connectivity index (χ0v) is 13.6. The lowest BCUT2D eigenvalue weighted by Gasteiger charge is -2.29. The molecular formula is C16H20N2O4S. The van der Waals surface area contributed by atoms with E-state index >= 15 is 0 Å². The highest BCUT2D eigenvalue weighted by molar-refractivity contribution is 7.99. The summed E-state index contributed by atoms with van der Waals surface area (Å²) in [5.41, 5.74) is 2.03. The van der Waals surface area contributed by atoms with Crippen molar-refractivity contribution in [2.45, 2.75) is 19.3 Å². The van der Waals surface area contributed by atoms with Gasteiger partial charge in [-0.3, -0.25) is 14.4 Å². The molecule has 6 nitrogen and oxygen atoms in total. The number of hydrogen-bond donors (Lipinski definition) is 2. The van der Waals surface area contributed by atoms with Gasteiger partial charge in [-0.2, -0.15) is 0 Å². The van der Waals surface area contributed by atoms with Crippen LogP contribution in [0.25, 0.3) is 0 Å². The molecule has 0 saturated heterocycles. The molecule has 1 aliphatic heterocycles. The van der Waals surface area contributed by atoms with E-state index in [0.717, 1.165) is 17.7 Å². The predicted molar refractivity (Wildman–Crippen MR) is 89.7 cm³/mol. The predicted octanol–water partition coefficient (Wildman–Crippen LogP) is 1.29. The van der Waals surface area contributed by atoms with Gasteiger partial charge in [0.1, 0.15) is 0 Å². The van der Waals surface area contributed by atoms with Gasteiger partial charge >= 0.3 is 5.97 Å². The molecule has 0 unspecified atom stereocenters. The van der Waals surface area contributed by atoms with Gasteiger partial charge in [-0.25, -0.2) is 0 Å². The van der Waals surface area contributed by atoms with Gasteiger partial charge in [0.05, 0.1) is 5.75 Å². The standard InChI is InChI=1S/C16H20N2O4S/c19-14(17-8-10-23-11-16(21)22)7-9-18-13-4-2-1-3-12(13)5-6-15(18)20/h1-4H,5-11H2,(H,17,19)(H,21,22). The molecule has 2 N–H and O–H groups in total. The van der Waals surface area contributed by atoms with Crippen molar-refractivity contribution >= 4 is 35.2 Å². The molecule has 0 atom stereocenters. The van der Waals surface area contributed by atoms with Gasteiger partial charge in [0, 0.05) is 37.4 Å². The number of carboxylic acids is 1. The fourth-order valence-corrected chi connectivity index (χ4v) is 3.03. The van der Waals surface area contributed by atoms with Crippen LogP contribution in [-0.2, 0) is 20.8 Å². The number of amides is 2. The van der Waals surface area contributed by atoms with E-state index < -0.39 is 5.97 Å². The molecule has 1 heterocycles. The maximum Gasteiger partial charge on any atom is 0.313 e. The zero-order chi connectivity index (χ0) is 16.7. The monoisotopic (exact) mass is 336 g/mol. The SMILES string of the molecule is O=C(O)CSCCNC(=O)CCN1C(=O)CCc2ccccc21. The first-order valence-electron chi connectivity index (χ1n) is 7.52. The molecule has 0 spiro atoms. The molecule has 0 radical (unpaired) electrons. The van der Waals surface area contributed by atoms with Crippen molar-refractivity contribution in [3.8, 4) is 0 Å². The Morgan fingerprint density at radius 1 is 1.26 bits per heavy atom. The molecule has 0 saturated carbocycles. The van der Waals surface area contributed by atoms with Crippen molar-refractivity contribution in [3.05, 3.63) is 29.8 Å². The van der Waals surface area contributed by atoms with E-state index in [0.29, 0.717) is 25.3 Å². The van der Waals surface area contributed by atoms with E-state index in [9.17, 15) is 14.4 Å². The number of benzene rings is 1. The fraction of sp³-hybridized carbons (Fsp3) is 0.438. The van der Waals surface area contributed by atoms with Crippen LogP contribution < -0.4 is 10.2 Å². The van der Waals surface area contributed by atoms with Crippen molar-refractivity contribution in [3.63, 3.8) is 0 Å². The Labute approximate surface area is 139 Å². The molecule has 0 fully saturated rings. The van der Waals surface area contributed by atoms with Gasteiger partial charge < -0.3 is 15.3 Å². The van der Waals surface area contributed by atoms with E-state index in [1.807, 2.05) is 24.3 Å². The normalized spacial score (nSPS) is 13.6. The fourth-order valence-electron chi connectivity index (χ4n) is 2.47. The van der Waals surface area contributed by atoms with Crippen LogP contribution >= 0.6 is 11.8 Å². The van der Waals surface area contributed by atoms with Gasteiger partial charge in [-0.05, 0) is 18.1 Å². The Balaban J connectivity index is 1.76. The molecule has 0 aromatic heterocycles. The highest BCUT2D eigenvalue weighted by Gasteiger charge is 2.23. The topological polar surface area (TPSA) is 86.7 Å². The Morgan fingerprint density at radius 3 is 2.83 bits per heavy atom. The third-order valence-electron chi connectivity index (χ3n) is 3.55. The van der Waals surface area contributed by atoms with Crippen molar-refractivity contribution < 1.29 is 19.5 Å². The van der Waals surface area contributed by atoms with Crippen LogP contribution in [0, 0.1) is 0 Å². The minimum absolute atomic E-state index is 0.0366. The third kappa shape index (κ3) is 5.28. The third-order valence-corrected chi connectivity index (χ3v) is 4.49. The summed E-state index contributed by atoms with van der Waals surface area (Å²) in [5.74, 6) is -0.341. The number of carbonyl (C=O) groups is 3. The summed E-state index contributed by atoms with van der Waals surface area (Å²) in [5, 5.41) is 11.3. The first-order valence-corrected chi connectivity index (χ1v) is 8.68. The summed E-state index contributed by atoms with van der Waals surface area (Å²) in [6.07, 6.45) is 1.46. The lowest BCUT2D eigenvalue weighted by Crippen LogP contribution is -2.38. The number of aliphatic carboxylic acids is 1. The lowest BCUT2D eigenvalue weighted by atomic mass is 10.0. The number of nitrogens with one attached hydrogen (secondary N) is 1. The van der Waals surface area contributed by atoms with Crippen molar-refractivity contribution in [2.75, 3.05) is 29.5 Å². The summed E-state index contributed by atoms with van der Waals surface area (Å²) in [7, 11) is 0. The molecule has 23 heavy (non-hydrogen) atoms. The molecule has 0 bridgehead atoms. The lowest BCUT2D eigenvalue weighted by molar-refractivity contribution is -0.134. The van der Waals surface area contributed by atoms with Crippen LogP contribution in [0.15, 0.2) is 24.3 Å². The first-order chi connectivity index (χ1) is 11.1. The molecule has 2 rings (SSSR count). The summed E-state index contributed by atoms with van der Waals surface area (Å²) in [6.45, 7) is 0.797. The smallest absolute Gasteiger partial charge is 0.313 e. The average molecular weight is 336 g/mol. The summed E-state index contributed by atoms with van der Waals surface area (Å²) >= 11 is 1.26. The second-order valence-corrected chi connectivity index (χ2v) is 6.33. The molecule has 2 amide bonds. The largest absolute Gasteiger partial charge is 0.481 e. The highest BCUT2D eigenvalue weighted by atomic mass is 32.2. The molecule has 124 valence electrons. The summed E-state index contributed by atoms with van der Waals surface area (Å²) in [4.78, 5) is 35.9. The van der Waals surface area contributed by atoms with Crippen LogP contribution in [0.2, 0.25) is 0 Å². The number of anilines is 1. The molecule has 1 aromatic carbocycles. The Bertz CT molecular complexity index is 591. The number of para-hydroxylation sites is 1. The van der Waals surface area contributed by atoms with Gasteiger partial charge in [-0.15, -0.1) is 11.8 Å². The molecule has 7 heteroatoms. The number of nitrogens with zero attached hydrogens (tertiary/aromatic N) is 1. The van der Waals surface area contributed by atoms with E-state index in [2.05, 4.69) is 5.32 Å². The number of aryl methyl sites for hydroxylation is 1. The van der Waals surface area contributed by atoms with Gasteiger partial charge in [0.2, 0.25) is 11.8 Å². The number of fused-ring (bicyclic) bond motifs is 1.